The van der Waals surface area contributed by atoms with E-state index in [9.17, 15) is 9.90 Å². The van der Waals surface area contributed by atoms with E-state index in [2.05, 4.69) is 65.2 Å². The van der Waals surface area contributed by atoms with Crippen LogP contribution in [0.25, 0.3) is 32.9 Å². The lowest BCUT2D eigenvalue weighted by Crippen LogP contribution is -2.02. The van der Waals surface area contributed by atoms with Crippen LogP contribution in [0.15, 0.2) is 91.0 Å². The standard InChI is InChI=1S/C28H23NO2/c30-15-14-29-27-9-5-4-8-24(27)26-18-22(19-31)17-25(28(26)29)23-12-10-21(11-13-23)16-20-6-2-1-3-7-20/h1-13,17-19,30H,14-16H2. The second-order valence-corrected chi connectivity index (χ2v) is 7.83. The number of carbonyl (C=O) groups is 1. The molecule has 3 heteroatoms. The third-order valence-electron chi connectivity index (χ3n) is 5.86. The summed E-state index contributed by atoms with van der Waals surface area (Å²) < 4.78 is 2.16. The van der Waals surface area contributed by atoms with Crippen molar-refractivity contribution in [3.05, 3.63) is 108 Å². The van der Waals surface area contributed by atoms with Crippen molar-refractivity contribution in [3.63, 3.8) is 0 Å². The van der Waals surface area contributed by atoms with Crippen LogP contribution in [0, 0.1) is 0 Å². The normalized spacial score (nSPS) is 11.3. The van der Waals surface area contributed by atoms with E-state index < -0.39 is 0 Å². The Hall–Kier alpha value is -3.69. The fourth-order valence-electron chi connectivity index (χ4n) is 4.46. The van der Waals surface area contributed by atoms with Gasteiger partial charge in [-0.25, -0.2) is 0 Å². The lowest BCUT2D eigenvalue weighted by molar-refractivity contribution is 0.112. The maximum Gasteiger partial charge on any atom is 0.150 e. The number of hydrogen-bond donors (Lipinski definition) is 1. The quantitative estimate of drug-likeness (QED) is 0.360. The summed E-state index contributed by atoms with van der Waals surface area (Å²) in [6.07, 6.45) is 1.79. The van der Waals surface area contributed by atoms with Crippen molar-refractivity contribution in [2.75, 3.05) is 6.61 Å². The van der Waals surface area contributed by atoms with Gasteiger partial charge < -0.3 is 9.67 Å². The van der Waals surface area contributed by atoms with Crippen molar-refractivity contribution >= 4 is 28.1 Å². The van der Waals surface area contributed by atoms with Gasteiger partial charge in [0.2, 0.25) is 0 Å². The maximum absolute atomic E-state index is 11.7. The van der Waals surface area contributed by atoms with E-state index in [0.29, 0.717) is 12.1 Å². The Labute approximate surface area is 181 Å². The highest BCUT2D eigenvalue weighted by Gasteiger charge is 2.16. The average molecular weight is 405 g/mol. The van der Waals surface area contributed by atoms with Crippen LogP contribution in [-0.2, 0) is 13.0 Å². The Morgan fingerprint density at radius 2 is 1.48 bits per heavy atom. The summed E-state index contributed by atoms with van der Waals surface area (Å²) >= 11 is 0. The lowest BCUT2D eigenvalue weighted by atomic mass is 9.97. The molecule has 1 heterocycles. The summed E-state index contributed by atoms with van der Waals surface area (Å²) in [4.78, 5) is 11.7. The zero-order valence-corrected chi connectivity index (χ0v) is 17.2. The number of benzene rings is 4. The monoisotopic (exact) mass is 405 g/mol. The maximum atomic E-state index is 11.7. The minimum Gasteiger partial charge on any atom is -0.395 e. The van der Waals surface area contributed by atoms with Gasteiger partial charge in [0.25, 0.3) is 0 Å². The number of aliphatic hydroxyl groups excluding tert-OH is 1. The van der Waals surface area contributed by atoms with Crippen molar-refractivity contribution < 1.29 is 9.90 Å². The molecule has 0 aliphatic heterocycles. The van der Waals surface area contributed by atoms with Crippen LogP contribution in [0.4, 0.5) is 0 Å². The van der Waals surface area contributed by atoms with E-state index in [1.54, 1.807) is 0 Å². The molecule has 0 aliphatic rings. The number of aldehydes is 1. The van der Waals surface area contributed by atoms with Crippen LogP contribution < -0.4 is 0 Å². The largest absolute Gasteiger partial charge is 0.395 e. The molecule has 152 valence electrons. The Morgan fingerprint density at radius 1 is 0.774 bits per heavy atom. The van der Waals surface area contributed by atoms with E-state index in [0.717, 1.165) is 45.6 Å². The van der Waals surface area contributed by atoms with Gasteiger partial charge in [0, 0.05) is 34.0 Å². The molecule has 0 atom stereocenters. The second kappa shape index (κ2) is 8.21. The molecular formula is C28H23NO2. The first-order chi connectivity index (χ1) is 15.3. The number of nitrogens with zero attached hydrogens (tertiary/aromatic N) is 1. The van der Waals surface area contributed by atoms with Crippen LogP contribution >= 0.6 is 0 Å². The van der Waals surface area contributed by atoms with Crippen LogP contribution in [0.5, 0.6) is 0 Å². The number of fused-ring (bicyclic) bond motifs is 3. The summed E-state index contributed by atoms with van der Waals surface area (Å²) in [5.74, 6) is 0. The Balaban J connectivity index is 1.67. The molecule has 5 rings (SSSR count). The molecule has 1 N–H and O–H groups in total. The van der Waals surface area contributed by atoms with Gasteiger partial charge in [-0.15, -0.1) is 0 Å². The number of carbonyl (C=O) groups excluding carboxylic acids is 1. The van der Waals surface area contributed by atoms with Gasteiger partial charge in [0.1, 0.15) is 6.29 Å². The van der Waals surface area contributed by atoms with Gasteiger partial charge in [0.05, 0.1) is 12.1 Å². The van der Waals surface area contributed by atoms with E-state index in [1.165, 1.54) is 11.1 Å². The number of aromatic nitrogens is 1. The molecule has 0 saturated carbocycles. The van der Waals surface area contributed by atoms with E-state index in [-0.39, 0.29) is 6.61 Å². The van der Waals surface area contributed by atoms with Crippen LogP contribution in [-0.4, -0.2) is 22.6 Å². The van der Waals surface area contributed by atoms with Crippen molar-refractivity contribution in [2.24, 2.45) is 0 Å². The molecule has 31 heavy (non-hydrogen) atoms. The smallest absolute Gasteiger partial charge is 0.150 e. The Bertz CT molecular complexity index is 1370. The molecule has 0 aliphatic carbocycles. The van der Waals surface area contributed by atoms with Gasteiger partial charge >= 0.3 is 0 Å². The van der Waals surface area contributed by atoms with Gasteiger partial charge in [0.15, 0.2) is 0 Å². The Morgan fingerprint density at radius 3 is 2.23 bits per heavy atom. The number of rotatable bonds is 6. The van der Waals surface area contributed by atoms with Crippen molar-refractivity contribution in [1.29, 1.82) is 0 Å². The van der Waals surface area contributed by atoms with Gasteiger partial charge in [-0.2, -0.15) is 0 Å². The topological polar surface area (TPSA) is 42.2 Å². The predicted molar refractivity (Wildman–Crippen MR) is 127 cm³/mol. The molecule has 4 aromatic carbocycles. The van der Waals surface area contributed by atoms with Crippen molar-refractivity contribution in [3.8, 4) is 11.1 Å². The summed E-state index contributed by atoms with van der Waals surface area (Å²) in [6.45, 7) is 0.558. The van der Waals surface area contributed by atoms with E-state index in [1.807, 2.05) is 30.3 Å². The summed E-state index contributed by atoms with van der Waals surface area (Å²) in [5.41, 5.74) is 7.37. The van der Waals surface area contributed by atoms with Gasteiger partial charge in [-0.3, -0.25) is 4.79 Å². The number of para-hydroxylation sites is 1. The molecule has 0 saturated heterocycles. The molecule has 3 nitrogen and oxygen atoms in total. The van der Waals surface area contributed by atoms with Crippen LogP contribution in [0.1, 0.15) is 21.5 Å². The highest BCUT2D eigenvalue weighted by atomic mass is 16.3. The first-order valence-corrected chi connectivity index (χ1v) is 10.5. The predicted octanol–water partition coefficient (Wildman–Crippen LogP) is 5.86. The Kier molecular flexibility index (Phi) is 5.11. The molecule has 0 spiro atoms. The third-order valence-corrected chi connectivity index (χ3v) is 5.86. The SMILES string of the molecule is O=Cc1cc(-c2ccc(Cc3ccccc3)cc2)c2c(c1)c1ccccc1n2CCO. The molecule has 5 aromatic rings. The third kappa shape index (κ3) is 3.54. The van der Waals surface area contributed by atoms with Gasteiger partial charge in [-0.1, -0.05) is 72.8 Å². The van der Waals surface area contributed by atoms with Crippen molar-refractivity contribution in [2.45, 2.75) is 13.0 Å². The highest BCUT2D eigenvalue weighted by Crippen LogP contribution is 2.37. The zero-order valence-electron chi connectivity index (χ0n) is 17.2. The molecule has 0 amide bonds. The summed E-state index contributed by atoms with van der Waals surface area (Å²) in [5, 5.41) is 11.9. The summed E-state index contributed by atoms with van der Waals surface area (Å²) in [7, 11) is 0. The fourth-order valence-corrected chi connectivity index (χ4v) is 4.46. The molecule has 0 unspecified atom stereocenters. The van der Waals surface area contributed by atoms with E-state index in [4.69, 9.17) is 0 Å². The van der Waals surface area contributed by atoms with E-state index >= 15 is 0 Å². The number of aliphatic hydroxyl groups is 1. The van der Waals surface area contributed by atoms with Crippen LogP contribution in [0.3, 0.4) is 0 Å². The number of hydrogen-bond acceptors (Lipinski definition) is 2. The zero-order chi connectivity index (χ0) is 21.2. The highest BCUT2D eigenvalue weighted by molar-refractivity contribution is 6.14. The van der Waals surface area contributed by atoms with Crippen molar-refractivity contribution in [1.82, 2.24) is 4.57 Å². The molecule has 0 fully saturated rings. The summed E-state index contributed by atoms with van der Waals surface area (Å²) in [6, 6.07) is 31.1. The van der Waals surface area contributed by atoms with Gasteiger partial charge in [-0.05, 0) is 41.3 Å². The average Bonchev–Trinajstić information content (AvgIpc) is 3.14. The lowest BCUT2D eigenvalue weighted by Gasteiger charge is -2.12. The first kappa shape index (κ1) is 19.3. The van der Waals surface area contributed by atoms with Crippen LogP contribution in [0.2, 0.25) is 0 Å². The fraction of sp³-hybridized carbons (Fsp3) is 0.107. The molecule has 0 radical (unpaired) electrons. The molecular weight excluding hydrogens is 382 g/mol. The molecule has 0 bridgehead atoms. The second-order valence-electron chi connectivity index (χ2n) is 7.83. The minimum absolute atomic E-state index is 0.0542. The molecule has 1 aromatic heterocycles. The minimum atomic E-state index is 0.0542. The first-order valence-electron chi connectivity index (χ1n) is 10.5.